The van der Waals surface area contributed by atoms with E-state index in [2.05, 4.69) is 5.32 Å². The number of benzene rings is 3. The van der Waals surface area contributed by atoms with Gasteiger partial charge in [-0.1, -0.05) is 23.2 Å². The number of carbonyl (C=O) groups excluding carboxylic acids is 1. The van der Waals surface area contributed by atoms with E-state index in [0.29, 0.717) is 16.5 Å². The number of hydrogen-bond donors (Lipinski definition) is 1. The lowest BCUT2D eigenvalue weighted by atomic mass is 10.1. The molecule has 3 aromatic rings. The number of anilines is 1. The number of nitriles is 1. The van der Waals surface area contributed by atoms with Gasteiger partial charge in [-0.2, -0.15) is 13.7 Å². The zero-order valence-electron chi connectivity index (χ0n) is 17.1. The van der Waals surface area contributed by atoms with E-state index in [1.54, 1.807) is 30.3 Å². The molecule has 0 saturated carbocycles. The van der Waals surface area contributed by atoms with Crippen molar-refractivity contribution in [2.45, 2.75) is 4.90 Å². The van der Waals surface area contributed by atoms with E-state index in [0.717, 1.165) is 0 Å². The predicted octanol–water partition coefficient (Wildman–Crippen LogP) is 5.32. The number of rotatable bonds is 7. The molecule has 0 saturated heterocycles. The van der Waals surface area contributed by atoms with Gasteiger partial charge in [0.1, 0.15) is 28.0 Å². The first-order chi connectivity index (χ1) is 15.7. The summed E-state index contributed by atoms with van der Waals surface area (Å²) in [6.07, 6.45) is 1.19. The summed E-state index contributed by atoms with van der Waals surface area (Å²) in [6, 6.07) is 17.9. The molecule has 7 nitrogen and oxygen atoms in total. The second kappa shape index (κ2) is 10.4. The standard InChI is InChI=1S/C23H16Cl2N2O5S/c1-31-20-7-5-19(6-8-20)27-23(28)16(14-26)12-15-13-18(25)4-11-22(15)32-33(29,30)21-9-2-17(24)3-10-21/h2-13H,1H3,(H,27,28)/b16-12+. The number of methoxy groups -OCH3 is 1. The van der Waals surface area contributed by atoms with Gasteiger partial charge in [0.15, 0.2) is 0 Å². The molecule has 10 heteroatoms. The summed E-state index contributed by atoms with van der Waals surface area (Å²) < 4.78 is 35.6. The summed E-state index contributed by atoms with van der Waals surface area (Å²) in [5.74, 6) is -0.208. The van der Waals surface area contributed by atoms with E-state index in [-0.39, 0.29) is 26.8 Å². The lowest BCUT2D eigenvalue weighted by Crippen LogP contribution is -2.14. The van der Waals surface area contributed by atoms with Crippen molar-refractivity contribution in [2.24, 2.45) is 0 Å². The monoisotopic (exact) mass is 502 g/mol. The topological polar surface area (TPSA) is 105 Å². The maximum absolute atomic E-state index is 12.7. The molecule has 0 bridgehead atoms. The Labute approximate surface area is 200 Å². The van der Waals surface area contributed by atoms with Crippen LogP contribution in [0.4, 0.5) is 5.69 Å². The molecular formula is C23H16Cl2N2O5S. The van der Waals surface area contributed by atoms with Gasteiger partial charge in [0, 0.05) is 21.3 Å². The summed E-state index contributed by atoms with van der Waals surface area (Å²) in [4.78, 5) is 12.5. The molecule has 0 spiro atoms. The SMILES string of the molecule is COc1ccc(NC(=O)/C(C#N)=C/c2cc(Cl)ccc2OS(=O)(=O)c2ccc(Cl)cc2)cc1. The van der Waals surface area contributed by atoms with Gasteiger partial charge in [0.2, 0.25) is 0 Å². The molecule has 1 N–H and O–H groups in total. The van der Waals surface area contributed by atoms with E-state index < -0.39 is 16.0 Å². The van der Waals surface area contributed by atoms with Gasteiger partial charge >= 0.3 is 10.1 Å². The Balaban J connectivity index is 1.90. The zero-order chi connectivity index (χ0) is 24.0. The third-order valence-electron chi connectivity index (χ3n) is 4.29. The number of carbonyl (C=O) groups is 1. The van der Waals surface area contributed by atoms with Gasteiger partial charge in [0.25, 0.3) is 5.91 Å². The molecule has 0 aliphatic rings. The first-order valence-electron chi connectivity index (χ1n) is 9.28. The molecule has 0 unspecified atom stereocenters. The zero-order valence-corrected chi connectivity index (χ0v) is 19.4. The van der Waals surface area contributed by atoms with Crippen molar-refractivity contribution >= 4 is 51.0 Å². The van der Waals surface area contributed by atoms with Crippen LogP contribution >= 0.6 is 23.2 Å². The number of amides is 1. The molecule has 0 heterocycles. The minimum absolute atomic E-state index is 0.112. The van der Waals surface area contributed by atoms with Gasteiger partial charge in [-0.3, -0.25) is 4.79 Å². The van der Waals surface area contributed by atoms with Crippen LogP contribution in [-0.2, 0) is 14.9 Å². The Kier molecular flexibility index (Phi) is 7.61. The quantitative estimate of drug-likeness (QED) is 0.266. The van der Waals surface area contributed by atoms with Gasteiger partial charge in [-0.25, -0.2) is 0 Å². The van der Waals surface area contributed by atoms with Gasteiger partial charge in [-0.15, -0.1) is 0 Å². The minimum Gasteiger partial charge on any atom is -0.497 e. The van der Waals surface area contributed by atoms with Gasteiger partial charge < -0.3 is 14.2 Å². The second-order valence-corrected chi connectivity index (χ2v) is 8.95. The summed E-state index contributed by atoms with van der Waals surface area (Å²) in [6.45, 7) is 0. The lowest BCUT2D eigenvalue weighted by molar-refractivity contribution is -0.112. The van der Waals surface area contributed by atoms with Crippen LogP contribution in [-0.4, -0.2) is 21.4 Å². The maximum Gasteiger partial charge on any atom is 0.339 e. The Morgan fingerprint density at radius 2 is 1.64 bits per heavy atom. The van der Waals surface area contributed by atoms with Crippen molar-refractivity contribution in [3.05, 3.63) is 87.9 Å². The van der Waals surface area contributed by atoms with Crippen LogP contribution in [0.3, 0.4) is 0 Å². The third-order valence-corrected chi connectivity index (χ3v) is 6.02. The number of halogens is 2. The Hall–Kier alpha value is -3.51. The number of nitrogens with one attached hydrogen (secondary N) is 1. The van der Waals surface area contributed by atoms with Crippen LogP contribution in [0.25, 0.3) is 6.08 Å². The van der Waals surface area contributed by atoms with Crippen LogP contribution in [0, 0.1) is 11.3 Å². The highest BCUT2D eigenvalue weighted by Crippen LogP contribution is 2.29. The molecule has 168 valence electrons. The number of nitrogens with zero attached hydrogens (tertiary/aromatic N) is 1. The second-order valence-electron chi connectivity index (χ2n) is 6.53. The first kappa shape index (κ1) is 24.1. The van der Waals surface area contributed by atoms with Crippen LogP contribution in [0.15, 0.2) is 77.2 Å². The maximum atomic E-state index is 12.7. The fourth-order valence-electron chi connectivity index (χ4n) is 2.65. The van der Waals surface area contributed by atoms with Crippen molar-refractivity contribution in [3.8, 4) is 17.6 Å². The highest BCUT2D eigenvalue weighted by molar-refractivity contribution is 7.87. The molecule has 0 aliphatic heterocycles. The molecule has 0 atom stereocenters. The predicted molar refractivity (Wildman–Crippen MR) is 126 cm³/mol. The molecule has 0 radical (unpaired) electrons. The summed E-state index contributed by atoms with van der Waals surface area (Å²) in [5, 5.41) is 12.7. The normalized spacial score (nSPS) is 11.4. The van der Waals surface area contributed by atoms with E-state index in [1.807, 2.05) is 0 Å². The van der Waals surface area contributed by atoms with Crippen molar-refractivity contribution < 1.29 is 22.1 Å². The lowest BCUT2D eigenvalue weighted by Gasteiger charge is -2.11. The first-order valence-corrected chi connectivity index (χ1v) is 11.4. The molecule has 0 aromatic heterocycles. The highest BCUT2D eigenvalue weighted by atomic mass is 35.5. The molecule has 0 fully saturated rings. The van der Waals surface area contributed by atoms with Crippen molar-refractivity contribution in [1.82, 2.24) is 0 Å². The van der Waals surface area contributed by atoms with Crippen molar-refractivity contribution in [3.63, 3.8) is 0 Å². The van der Waals surface area contributed by atoms with Crippen LogP contribution in [0.1, 0.15) is 5.56 Å². The smallest absolute Gasteiger partial charge is 0.339 e. The van der Waals surface area contributed by atoms with Gasteiger partial charge in [-0.05, 0) is 72.8 Å². The van der Waals surface area contributed by atoms with E-state index in [1.165, 1.54) is 55.7 Å². The average Bonchev–Trinajstić information content (AvgIpc) is 2.79. The molecule has 0 aliphatic carbocycles. The van der Waals surface area contributed by atoms with Crippen molar-refractivity contribution in [1.29, 1.82) is 5.26 Å². The van der Waals surface area contributed by atoms with E-state index in [4.69, 9.17) is 32.1 Å². The third kappa shape index (κ3) is 6.26. The Morgan fingerprint density at radius 3 is 2.24 bits per heavy atom. The number of ether oxygens (including phenoxy) is 1. The number of hydrogen-bond acceptors (Lipinski definition) is 6. The molecular weight excluding hydrogens is 487 g/mol. The summed E-state index contributed by atoms with van der Waals surface area (Å²) in [5.41, 5.74) is 0.276. The van der Waals surface area contributed by atoms with Crippen LogP contribution < -0.4 is 14.2 Å². The van der Waals surface area contributed by atoms with Crippen LogP contribution in [0.2, 0.25) is 10.0 Å². The fraction of sp³-hybridized carbons (Fsp3) is 0.0435. The Bertz CT molecular complexity index is 1350. The minimum atomic E-state index is -4.21. The highest BCUT2D eigenvalue weighted by Gasteiger charge is 2.19. The Morgan fingerprint density at radius 1 is 1.00 bits per heavy atom. The van der Waals surface area contributed by atoms with E-state index >= 15 is 0 Å². The molecule has 1 amide bonds. The largest absolute Gasteiger partial charge is 0.497 e. The summed E-state index contributed by atoms with van der Waals surface area (Å²) >= 11 is 11.9. The van der Waals surface area contributed by atoms with E-state index in [9.17, 15) is 18.5 Å². The average molecular weight is 503 g/mol. The van der Waals surface area contributed by atoms with Crippen molar-refractivity contribution in [2.75, 3.05) is 12.4 Å². The van der Waals surface area contributed by atoms with Gasteiger partial charge in [0.05, 0.1) is 7.11 Å². The van der Waals surface area contributed by atoms with Crippen LogP contribution in [0.5, 0.6) is 11.5 Å². The molecule has 33 heavy (non-hydrogen) atoms. The fourth-order valence-corrected chi connectivity index (χ4v) is 3.91. The summed E-state index contributed by atoms with van der Waals surface area (Å²) in [7, 11) is -2.69. The molecule has 3 rings (SSSR count). The molecule has 3 aromatic carbocycles.